The van der Waals surface area contributed by atoms with Crippen LogP contribution in [0.25, 0.3) is 0 Å². The zero-order valence-electron chi connectivity index (χ0n) is 10.6. The quantitative estimate of drug-likeness (QED) is 0.681. The van der Waals surface area contributed by atoms with Crippen molar-refractivity contribution in [2.24, 2.45) is 0 Å². The highest BCUT2D eigenvalue weighted by Crippen LogP contribution is 1.97. The third-order valence-corrected chi connectivity index (χ3v) is 1.44. The molecule has 0 saturated carbocycles. The van der Waals surface area contributed by atoms with Gasteiger partial charge in [0.05, 0.1) is 0 Å². The van der Waals surface area contributed by atoms with E-state index in [0.29, 0.717) is 0 Å². The molecule has 0 bridgehead atoms. The summed E-state index contributed by atoms with van der Waals surface area (Å²) in [5.41, 5.74) is 0.270. The first-order valence-electron chi connectivity index (χ1n) is 5.31. The van der Waals surface area contributed by atoms with Gasteiger partial charge in [0.25, 0.3) is 0 Å². The summed E-state index contributed by atoms with van der Waals surface area (Å²) in [6.45, 7) is 12.9. The Kier molecular flexibility index (Phi) is 10.1. The predicted molar refractivity (Wildman–Crippen MR) is 62.3 cm³/mol. The van der Waals surface area contributed by atoms with E-state index in [1.54, 1.807) is 0 Å². The van der Waals surface area contributed by atoms with Crippen LogP contribution < -0.4 is 5.32 Å². The Balaban J connectivity index is 0. The van der Waals surface area contributed by atoms with Crippen molar-refractivity contribution in [2.75, 3.05) is 27.2 Å². The summed E-state index contributed by atoms with van der Waals surface area (Å²) in [5.74, 6) is 0. The molecule has 0 aliphatic heterocycles. The van der Waals surface area contributed by atoms with Crippen LogP contribution in [0.2, 0.25) is 0 Å². The van der Waals surface area contributed by atoms with E-state index in [-0.39, 0.29) is 5.54 Å². The highest BCUT2D eigenvalue weighted by atomic mass is 15.1. The van der Waals surface area contributed by atoms with Gasteiger partial charge in [-0.05, 0) is 54.4 Å². The van der Waals surface area contributed by atoms with Gasteiger partial charge in [-0.2, -0.15) is 0 Å². The van der Waals surface area contributed by atoms with Crippen LogP contribution in [-0.4, -0.2) is 37.6 Å². The van der Waals surface area contributed by atoms with E-state index < -0.39 is 0 Å². The smallest absolute Gasteiger partial charge is 0.00965 e. The fourth-order valence-electron chi connectivity index (χ4n) is 0.859. The molecular weight excluding hydrogens is 160 g/mol. The Labute approximate surface area is 84.7 Å². The van der Waals surface area contributed by atoms with Gasteiger partial charge in [0.1, 0.15) is 0 Å². The third-order valence-electron chi connectivity index (χ3n) is 1.44. The Morgan fingerprint density at radius 2 is 1.54 bits per heavy atom. The van der Waals surface area contributed by atoms with E-state index >= 15 is 0 Å². The molecule has 0 radical (unpaired) electrons. The summed E-state index contributed by atoms with van der Waals surface area (Å²) in [6, 6.07) is 0. The maximum atomic E-state index is 3.45. The van der Waals surface area contributed by atoms with Gasteiger partial charge in [-0.3, -0.25) is 0 Å². The minimum atomic E-state index is 0.270. The molecule has 0 amide bonds. The molecule has 0 unspecified atom stereocenters. The van der Waals surface area contributed by atoms with Crippen molar-refractivity contribution in [2.45, 2.75) is 46.6 Å². The molecule has 0 atom stereocenters. The van der Waals surface area contributed by atoms with Gasteiger partial charge in [0, 0.05) is 5.54 Å². The second-order valence-corrected chi connectivity index (χ2v) is 4.33. The van der Waals surface area contributed by atoms with E-state index in [2.05, 4.69) is 45.1 Å². The molecule has 0 aromatic carbocycles. The molecule has 0 aromatic heterocycles. The van der Waals surface area contributed by atoms with Crippen LogP contribution in [0.1, 0.15) is 41.0 Å². The molecule has 2 heteroatoms. The molecule has 0 spiro atoms. The molecule has 0 saturated heterocycles. The molecule has 0 heterocycles. The van der Waals surface area contributed by atoms with Gasteiger partial charge in [-0.1, -0.05) is 13.8 Å². The lowest BCUT2D eigenvalue weighted by molar-refractivity contribution is 0.366. The summed E-state index contributed by atoms with van der Waals surface area (Å²) in [5, 5.41) is 3.45. The minimum Gasteiger partial charge on any atom is -0.312 e. The van der Waals surface area contributed by atoms with Crippen LogP contribution in [-0.2, 0) is 0 Å². The summed E-state index contributed by atoms with van der Waals surface area (Å²) < 4.78 is 0. The Morgan fingerprint density at radius 1 is 1.08 bits per heavy atom. The first-order valence-corrected chi connectivity index (χ1v) is 5.31. The molecular formula is C11H28N2. The first-order chi connectivity index (χ1) is 5.92. The van der Waals surface area contributed by atoms with Gasteiger partial charge in [-0.15, -0.1) is 0 Å². The Morgan fingerprint density at radius 3 is 1.85 bits per heavy atom. The summed E-state index contributed by atoms with van der Waals surface area (Å²) >= 11 is 0. The Bertz CT molecular complexity index is 92.8. The fraction of sp³-hybridized carbons (Fsp3) is 1.00. The topological polar surface area (TPSA) is 15.3 Å². The van der Waals surface area contributed by atoms with E-state index in [0.717, 1.165) is 6.54 Å². The van der Waals surface area contributed by atoms with Crippen molar-refractivity contribution in [3.63, 3.8) is 0 Å². The van der Waals surface area contributed by atoms with E-state index in [1.807, 2.05) is 13.8 Å². The van der Waals surface area contributed by atoms with Crippen molar-refractivity contribution in [1.29, 1.82) is 0 Å². The maximum Gasteiger partial charge on any atom is 0.00965 e. The van der Waals surface area contributed by atoms with Crippen LogP contribution in [0, 0.1) is 0 Å². The van der Waals surface area contributed by atoms with Gasteiger partial charge in [0.2, 0.25) is 0 Å². The molecule has 82 valence electrons. The van der Waals surface area contributed by atoms with Gasteiger partial charge in [0.15, 0.2) is 0 Å². The lowest BCUT2D eigenvalue weighted by Crippen LogP contribution is -2.37. The van der Waals surface area contributed by atoms with E-state index in [4.69, 9.17) is 0 Å². The van der Waals surface area contributed by atoms with Crippen molar-refractivity contribution in [3.8, 4) is 0 Å². The first kappa shape index (κ1) is 15.4. The lowest BCUT2D eigenvalue weighted by atomic mass is 10.1. The fourth-order valence-corrected chi connectivity index (χ4v) is 0.859. The molecule has 0 aliphatic carbocycles. The normalized spacial score (nSPS) is 11.1. The van der Waals surface area contributed by atoms with Crippen molar-refractivity contribution < 1.29 is 0 Å². The highest BCUT2D eigenvalue weighted by molar-refractivity contribution is 4.69. The summed E-state index contributed by atoms with van der Waals surface area (Å²) in [6.07, 6.45) is 1.23. The molecule has 1 N–H and O–H groups in total. The zero-order chi connectivity index (χ0) is 10.9. The molecule has 0 rings (SSSR count). The van der Waals surface area contributed by atoms with Crippen molar-refractivity contribution in [3.05, 3.63) is 0 Å². The monoisotopic (exact) mass is 188 g/mol. The van der Waals surface area contributed by atoms with Crippen LogP contribution in [0.4, 0.5) is 0 Å². The van der Waals surface area contributed by atoms with Crippen LogP contribution in [0.15, 0.2) is 0 Å². The number of rotatable bonds is 4. The lowest BCUT2D eigenvalue weighted by Gasteiger charge is -2.21. The summed E-state index contributed by atoms with van der Waals surface area (Å²) in [7, 11) is 4.22. The zero-order valence-corrected chi connectivity index (χ0v) is 10.6. The molecule has 0 fully saturated rings. The van der Waals surface area contributed by atoms with Crippen molar-refractivity contribution in [1.82, 2.24) is 10.2 Å². The number of nitrogens with zero attached hydrogens (tertiary/aromatic N) is 1. The predicted octanol–water partition coefficient (Wildman–Crippen LogP) is 2.35. The van der Waals surface area contributed by atoms with Crippen molar-refractivity contribution >= 4 is 0 Å². The largest absolute Gasteiger partial charge is 0.312 e. The number of hydrogen-bond acceptors (Lipinski definition) is 2. The maximum absolute atomic E-state index is 3.45. The SMILES string of the molecule is CC.CN(C)CCCNC(C)(C)C. The van der Waals surface area contributed by atoms with E-state index in [9.17, 15) is 0 Å². The average Bonchev–Trinajstić information content (AvgIpc) is 2.00. The molecule has 13 heavy (non-hydrogen) atoms. The van der Waals surface area contributed by atoms with Gasteiger partial charge >= 0.3 is 0 Å². The third kappa shape index (κ3) is 18.7. The standard InChI is InChI=1S/C9H22N2.C2H6/c1-9(2,3)10-7-6-8-11(4)5;1-2/h10H,6-8H2,1-5H3;1-2H3. The number of nitrogens with one attached hydrogen (secondary N) is 1. The number of hydrogen-bond donors (Lipinski definition) is 1. The van der Waals surface area contributed by atoms with Crippen LogP contribution in [0.3, 0.4) is 0 Å². The Hall–Kier alpha value is -0.0800. The molecule has 2 nitrogen and oxygen atoms in total. The van der Waals surface area contributed by atoms with Gasteiger partial charge < -0.3 is 10.2 Å². The second kappa shape index (κ2) is 8.52. The summed E-state index contributed by atoms with van der Waals surface area (Å²) in [4.78, 5) is 2.21. The van der Waals surface area contributed by atoms with E-state index in [1.165, 1.54) is 13.0 Å². The average molecular weight is 188 g/mol. The molecule has 0 aromatic rings. The minimum absolute atomic E-state index is 0.270. The highest BCUT2D eigenvalue weighted by Gasteiger charge is 2.06. The molecule has 0 aliphatic rings. The van der Waals surface area contributed by atoms with Crippen LogP contribution in [0.5, 0.6) is 0 Å². The second-order valence-electron chi connectivity index (χ2n) is 4.33. The van der Waals surface area contributed by atoms with Crippen LogP contribution >= 0.6 is 0 Å². The van der Waals surface area contributed by atoms with Gasteiger partial charge in [-0.25, -0.2) is 0 Å².